The summed E-state index contributed by atoms with van der Waals surface area (Å²) in [5, 5.41) is 12.4. The molecule has 4 heterocycles. The summed E-state index contributed by atoms with van der Waals surface area (Å²) in [7, 11) is 5.70. The molecule has 16 atom stereocenters. The Morgan fingerprint density at radius 1 is 0.897 bits per heavy atom. The van der Waals surface area contributed by atoms with Crippen LogP contribution in [0.3, 0.4) is 0 Å². The van der Waals surface area contributed by atoms with Crippen molar-refractivity contribution in [3.63, 3.8) is 0 Å². The number of allylic oxidation sites excluding steroid dienone is 2. The maximum Gasteiger partial charge on any atom is 0.357 e. The fourth-order valence-corrected chi connectivity index (χ4v) is 11.7. The van der Waals surface area contributed by atoms with Crippen LogP contribution in [-0.2, 0) is 70.9 Å². The number of carbonyl (C=O) groups is 4. The summed E-state index contributed by atoms with van der Waals surface area (Å²) in [6.45, 7) is 22.9. The van der Waals surface area contributed by atoms with Gasteiger partial charge in [-0.15, -0.1) is 0 Å². The molecule has 78 heavy (non-hydrogen) atoms. The molecule has 0 bridgehead atoms. The Labute approximate surface area is 463 Å². The maximum atomic E-state index is 14.5. The van der Waals surface area contributed by atoms with Crippen LogP contribution in [0, 0.1) is 11.8 Å². The van der Waals surface area contributed by atoms with Gasteiger partial charge in [0.05, 0.1) is 42.4 Å². The van der Waals surface area contributed by atoms with Gasteiger partial charge in [0, 0.05) is 59.3 Å². The molecule has 19 nitrogen and oxygen atoms in total. The second-order valence-electron chi connectivity index (χ2n) is 23.1. The van der Waals surface area contributed by atoms with Crippen molar-refractivity contribution in [3.05, 3.63) is 66.4 Å². The Morgan fingerprint density at radius 3 is 2.21 bits per heavy atom. The number of nitrogens with zero attached hydrogens (tertiary/aromatic N) is 2. The molecule has 1 N–H and O–H groups in total. The van der Waals surface area contributed by atoms with E-state index in [2.05, 4.69) is 51.8 Å². The number of para-hydroxylation sites is 1. The second-order valence-corrected chi connectivity index (χ2v) is 27.8. The van der Waals surface area contributed by atoms with Gasteiger partial charge in [0.25, 0.3) is 0 Å². The van der Waals surface area contributed by atoms with Gasteiger partial charge in [-0.1, -0.05) is 83.2 Å². The van der Waals surface area contributed by atoms with Crippen molar-refractivity contribution in [2.75, 3.05) is 35.4 Å². The van der Waals surface area contributed by atoms with E-state index in [0.717, 1.165) is 5.39 Å². The van der Waals surface area contributed by atoms with Gasteiger partial charge in [0.1, 0.15) is 35.7 Å². The van der Waals surface area contributed by atoms with E-state index in [1.54, 1.807) is 66.9 Å². The molecule has 0 spiro atoms. The average molecular weight is 1120 g/mol. The van der Waals surface area contributed by atoms with E-state index in [1.807, 2.05) is 41.3 Å². The minimum absolute atomic E-state index is 0.00369. The highest BCUT2D eigenvalue weighted by Gasteiger charge is 2.55. The van der Waals surface area contributed by atoms with E-state index in [0.29, 0.717) is 18.4 Å². The lowest BCUT2D eigenvalue weighted by atomic mass is 9.82. The number of esters is 4. The van der Waals surface area contributed by atoms with E-state index in [9.17, 15) is 24.3 Å². The standard InChI is InChI=1S/C58H90N2O17Si/c1-18-45(62)74-54-37(5)70-48(33-58(54,10)65)75-50-36(4)71-56(53(72-38(6)61)49(50)60(11)12)76-51-40(31-47(66-13)67-14)30-34(2)43(77-78(16,17)57(7,8)9)27-21-19-20-24-35(3)69-46(63)32-44(52(51)68-15)73-55(64)42-29-28-39-25-22-23-26-41(39)59-42/h19-23,25-29,34-37,40,43-44,47-54,56,65H,18,24,30-33H2,1-17H3/b20-19+,27-21+/t34-,35-,36-,37+,40-,43+,44+,48+,49+,50-,51+,52+,53-,54+,56+,58-/m1/s1. The molecule has 2 saturated heterocycles. The number of aliphatic hydroxyl groups is 1. The maximum absolute atomic E-state index is 14.5. The van der Waals surface area contributed by atoms with E-state index in [4.69, 9.17) is 56.5 Å². The molecule has 0 saturated carbocycles. The topological polar surface area (TPSA) is 215 Å². The van der Waals surface area contributed by atoms with Crippen molar-refractivity contribution < 1.29 is 80.8 Å². The van der Waals surface area contributed by atoms with E-state index in [-0.39, 0.29) is 35.9 Å². The number of fused-ring (bicyclic) bond motifs is 1. The van der Waals surface area contributed by atoms with E-state index >= 15 is 0 Å². The number of aromatic nitrogens is 1. The van der Waals surface area contributed by atoms with Crippen LogP contribution in [0.25, 0.3) is 10.9 Å². The molecule has 2 aromatic rings. The van der Waals surface area contributed by atoms with Gasteiger partial charge >= 0.3 is 23.9 Å². The molecule has 20 heteroatoms. The van der Waals surface area contributed by atoms with Crippen LogP contribution < -0.4 is 0 Å². The number of hydrogen-bond acceptors (Lipinski definition) is 19. The highest BCUT2D eigenvalue weighted by molar-refractivity contribution is 6.74. The van der Waals surface area contributed by atoms with Crippen LogP contribution in [-0.4, -0.2) is 174 Å². The first kappa shape index (κ1) is 64.6. The lowest BCUT2D eigenvalue weighted by Crippen LogP contribution is -2.66. The SMILES string of the molecule is CCC(=O)O[C@H]1[C@H](C)O[C@@H](O[C@H]2[C@H](N(C)C)[C@@H](OC(C)=O)[C@H](O[C@H]3[C@@H](CC(OC)OC)C[C@@H](C)[C@@H](O[Si](C)(C)C(C)(C)C)/C=C/C=C/C[C@@H](C)OC(=O)C[C@H](OC(=O)c4ccc5ccccc5n4)[C@@H]3OC)O[C@@H]2C)C[C@@]1(C)O. The summed E-state index contributed by atoms with van der Waals surface area (Å²) in [4.78, 5) is 61.0. The highest BCUT2D eigenvalue weighted by Crippen LogP contribution is 2.42. The number of cyclic esters (lactones) is 1. The Bertz CT molecular complexity index is 2340. The Morgan fingerprint density at radius 2 is 1.59 bits per heavy atom. The summed E-state index contributed by atoms with van der Waals surface area (Å²) in [5.74, 6) is -3.47. The zero-order valence-corrected chi connectivity index (χ0v) is 50.1. The van der Waals surface area contributed by atoms with Crippen molar-refractivity contribution >= 4 is 43.1 Å². The molecular formula is C58H90N2O17Si. The lowest BCUT2D eigenvalue weighted by molar-refractivity contribution is -0.345. The van der Waals surface area contributed by atoms with Gasteiger partial charge in [0.15, 0.2) is 39.4 Å². The van der Waals surface area contributed by atoms with Crippen LogP contribution in [0.1, 0.15) is 118 Å². The molecule has 2 fully saturated rings. The van der Waals surface area contributed by atoms with Gasteiger partial charge < -0.3 is 66.5 Å². The van der Waals surface area contributed by atoms with Crippen LogP contribution in [0.5, 0.6) is 0 Å². The molecule has 0 radical (unpaired) electrons. The fourth-order valence-electron chi connectivity index (χ4n) is 10.3. The predicted octanol–water partition coefficient (Wildman–Crippen LogP) is 8.24. The van der Waals surface area contributed by atoms with Gasteiger partial charge in [0.2, 0.25) is 0 Å². The van der Waals surface area contributed by atoms with Crippen LogP contribution >= 0.6 is 0 Å². The number of ether oxygens (including phenoxy) is 11. The van der Waals surface area contributed by atoms with Crippen LogP contribution in [0.15, 0.2) is 60.7 Å². The first-order valence-electron chi connectivity index (χ1n) is 27.4. The molecule has 1 aromatic heterocycles. The summed E-state index contributed by atoms with van der Waals surface area (Å²) in [5.41, 5.74) is -0.978. The van der Waals surface area contributed by atoms with Gasteiger partial charge in [-0.05, 0) is 90.3 Å². The lowest BCUT2D eigenvalue weighted by Gasteiger charge is -2.51. The van der Waals surface area contributed by atoms with Crippen molar-refractivity contribution in [2.24, 2.45) is 11.8 Å². The van der Waals surface area contributed by atoms with Crippen LogP contribution in [0.4, 0.5) is 0 Å². The van der Waals surface area contributed by atoms with E-state index in [1.165, 1.54) is 28.3 Å². The predicted molar refractivity (Wildman–Crippen MR) is 293 cm³/mol. The molecule has 0 aliphatic carbocycles. The molecule has 0 unspecified atom stereocenters. The van der Waals surface area contributed by atoms with E-state index < -0.39 is 136 Å². The number of pyridine rings is 1. The van der Waals surface area contributed by atoms with Crippen LogP contribution in [0.2, 0.25) is 18.1 Å². The third-order valence-electron chi connectivity index (χ3n) is 15.5. The fraction of sp³-hybridized carbons (Fsp3) is 0.707. The molecule has 3 aliphatic rings. The van der Waals surface area contributed by atoms with Crippen molar-refractivity contribution in [1.82, 2.24) is 9.88 Å². The number of methoxy groups -OCH3 is 3. The van der Waals surface area contributed by atoms with Crippen molar-refractivity contribution in [3.8, 4) is 0 Å². The number of benzene rings is 1. The first-order chi connectivity index (χ1) is 36.6. The molecule has 1 aromatic carbocycles. The van der Waals surface area contributed by atoms with Gasteiger partial charge in [-0.3, -0.25) is 14.4 Å². The Balaban J connectivity index is 1.68. The molecule has 3 aliphatic heterocycles. The quantitative estimate of drug-likeness (QED) is 0.0683. The molecular weight excluding hydrogens is 1020 g/mol. The first-order valence-corrected chi connectivity index (χ1v) is 30.3. The Hall–Kier alpha value is -4.19. The summed E-state index contributed by atoms with van der Waals surface area (Å²) in [6, 6.07) is 9.90. The number of carbonyl (C=O) groups excluding carboxylic acids is 4. The smallest absolute Gasteiger partial charge is 0.357 e. The molecule has 438 valence electrons. The highest BCUT2D eigenvalue weighted by atomic mass is 28.4. The Kier molecular flexibility index (Phi) is 23.6. The zero-order valence-electron chi connectivity index (χ0n) is 49.1. The molecule has 0 amide bonds. The number of hydrogen-bond donors (Lipinski definition) is 1. The van der Waals surface area contributed by atoms with Crippen molar-refractivity contribution in [1.29, 1.82) is 0 Å². The summed E-state index contributed by atoms with van der Waals surface area (Å²) >= 11 is 0. The molecule has 5 rings (SSSR count). The zero-order chi connectivity index (χ0) is 57.9. The minimum atomic E-state index is -2.42. The third-order valence-corrected chi connectivity index (χ3v) is 20.0. The average Bonchev–Trinajstić information content (AvgIpc) is 3.41. The summed E-state index contributed by atoms with van der Waals surface area (Å²) < 4.78 is 77.0. The van der Waals surface area contributed by atoms with Gasteiger partial charge in [-0.25, -0.2) is 9.78 Å². The third kappa shape index (κ3) is 17.2. The monoisotopic (exact) mass is 1110 g/mol. The minimum Gasteiger partial charge on any atom is -0.462 e. The normalized spacial score (nSPS) is 33.7. The van der Waals surface area contributed by atoms with Crippen molar-refractivity contribution in [2.45, 2.75) is 217 Å². The largest absolute Gasteiger partial charge is 0.462 e. The van der Waals surface area contributed by atoms with Gasteiger partial charge in [-0.2, -0.15) is 0 Å². The second kappa shape index (κ2) is 28.5. The number of likely N-dealkylation sites (N-methyl/N-ethyl adjacent to an activating group) is 1. The number of rotatable bonds is 17. The summed E-state index contributed by atoms with van der Waals surface area (Å²) in [6.07, 6.45) is -4.20.